The molecule has 0 bridgehead atoms. The Labute approximate surface area is 254 Å². The molecule has 0 saturated carbocycles. The molecule has 9 nitrogen and oxygen atoms in total. The number of ether oxygens (including phenoxy) is 1. The average molecular weight is 603 g/mol. The Balaban J connectivity index is 1.21. The Morgan fingerprint density at radius 3 is 2.63 bits per heavy atom. The molecule has 2 fully saturated rings. The second-order valence-corrected chi connectivity index (χ2v) is 11.9. The summed E-state index contributed by atoms with van der Waals surface area (Å²) in [4.78, 5) is 42.1. The lowest BCUT2D eigenvalue weighted by atomic mass is 9.77. The molecule has 2 atom stereocenters. The first-order chi connectivity index (χ1) is 20.9. The highest BCUT2D eigenvalue weighted by Crippen LogP contribution is 2.54. The molecule has 1 aromatic heterocycles. The molecule has 11 heteroatoms. The third-order valence-corrected chi connectivity index (χ3v) is 9.25. The summed E-state index contributed by atoms with van der Waals surface area (Å²) in [7, 11) is 2.09. The van der Waals surface area contributed by atoms with Crippen LogP contribution in [0.5, 0.6) is 11.5 Å². The summed E-state index contributed by atoms with van der Waals surface area (Å²) in [5.74, 6) is -0.568. The molecular formula is C32H32ClFN6O3. The predicted octanol–water partition coefficient (Wildman–Crippen LogP) is 4.56. The van der Waals surface area contributed by atoms with Gasteiger partial charge >= 0.3 is 0 Å². The van der Waals surface area contributed by atoms with Crippen LogP contribution in [0.25, 0.3) is 0 Å². The van der Waals surface area contributed by atoms with E-state index >= 15 is 4.39 Å². The molecule has 1 N–H and O–H groups in total. The second-order valence-electron chi connectivity index (χ2n) is 11.5. The molecule has 3 aliphatic heterocycles. The molecule has 4 aliphatic rings. The van der Waals surface area contributed by atoms with Crippen LogP contribution in [0, 0.1) is 5.82 Å². The van der Waals surface area contributed by atoms with Crippen molar-refractivity contribution in [1.82, 2.24) is 20.2 Å². The number of anilines is 2. The van der Waals surface area contributed by atoms with E-state index in [0.29, 0.717) is 72.5 Å². The third kappa shape index (κ3) is 5.02. The fraction of sp³-hybridized carbons (Fsp3) is 0.375. The number of nitrogens with one attached hydrogen (secondary N) is 1. The Hall–Kier alpha value is -4.02. The fourth-order valence-corrected chi connectivity index (χ4v) is 6.92. The number of amides is 1. The maximum Gasteiger partial charge on any atom is 0.254 e. The van der Waals surface area contributed by atoms with Gasteiger partial charge in [0.15, 0.2) is 17.3 Å². The number of piperazine rings is 1. The summed E-state index contributed by atoms with van der Waals surface area (Å²) in [6.07, 6.45) is 8.16. The Morgan fingerprint density at radius 2 is 1.88 bits per heavy atom. The predicted molar refractivity (Wildman–Crippen MR) is 162 cm³/mol. The Bertz CT molecular complexity index is 1630. The Morgan fingerprint density at radius 1 is 1.12 bits per heavy atom. The van der Waals surface area contributed by atoms with Gasteiger partial charge in [0, 0.05) is 78.8 Å². The number of fused-ring (bicyclic) bond motifs is 2. The van der Waals surface area contributed by atoms with Gasteiger partial charge in [-0.05, 0) is 57.1 Å². The number of likely N-dealkylation sites (tertiary alicyclic amines) is 1. The number of hydrogen-bond acceptors (Lipinski definition) is 8. The average Bonchev–Trinajstić information content (AvgIpc) is 3.43. The number of ketones is 1. The summed E-state index contributed by atoms with van der Waals surface area (Å²) >= 11 is 6.34. The van der Waals surface area contributed by atoms with Gasteiger partial charge in [-0.2, -0.15) is 0 Å². The largest absolute Gasteiger partial charge is 0.454 e. The van der Waals surface area contributed by atoms with Crippen molar-refractivity contribution >= 4 is 34.9 Å². The SMILES string of the molecule is CN1CCCC1CCNC(=O)C1=CC2c3ccc(Cl)cc3Oc3c2c(cc(F)c3N2CCN(c3ncccn3)CC2)C1=O. The molecule has 43 heavy (non-hydrogen) atoms. The van der Waals surface area contributed by atoms with E-state index in [9.17, 15) is 9.59 Å². The van der Waals surface area contributed by atoms with Gasteiger partial charge in [0.2, 0.25) is 5.95 Å². The highest BCUT2D eigenvalue weighted by molar-refractivity contribution is 6.31. The van der Waals surface area contributed by atoms with Crippen LogP contribution >= 0.6 is 11.6 Å². The summed E-state index contributed by atoms with van der Waals surface area (Å²) in [6, 6.07) is 8.75. The number of carbonyl (C=O) groups is 2. The summed E-state index contributed by atoms with van der Waals surface area (Å²) in [5.41, 5.74) is 1.83. The molecule has 222 valence electrons. The molecule has 0 spiro atoms. The van der Waals surface area contributed by atoms with E-state index < -0.39 is 23.4 Å². The lowest BCUT2D eigenvalue weighted by molar-refractivity contribution is -0.117. The quantitative estimate of drug-likeness (QED) is 0.411. The van der Waals surface area contributed by atoms with E-state index in [-0.39, 0.29) is 11.1 Å². The van der Waals surface area contributed by atoms with E-state index in [4.69, 9.17) is 16.3 Å². The Kier molecular flexibility index (Phi) is 7.26. The minimum atomic E-state index is -0.568. The van der Waals surface area contributed by atoms with Crippen LogP contribution in [0.2, 0.25) is 5.02 Å². The van der Waals surface area contributed by atoms with Crippen molar-refractivity contribution in [1.29, 1.82) is 0 Å². The smallest absolute Gasteiger partial charge is 0.254 e. The standard InChI is InChI=1S/C32H32ClFN6O3/c1-38-11-2-4-20(38)7-10-35-31(42)24-17-22-21-6-5-19(33)16-26(21)43-30-27(22)23(29(24)41)18-25(34)28(30)39-12-14-40(15-13-39)32-36-8-3-9-37-32/h3,5-6,8-9,16-18,20,22H,2,4,7,10-15H2,1H3,(H,35,42). The van der Waals surface area contributed by atoms with Crippen molar-refractivity contribution in [3.63, 3.8) is 0 Å². The minimum absolute atomic E-state index is 0.0228. The van der Waals surface area contributed by atoms with Crippen molar-refractivity contribution in [2.45, 2.75) is 31.2 Å². The molecule has 7 rings (SSSR count). The topological polar surface area (TPSA) is 90.9 Å². The molecule has 1 aliphatic carbocycles. The van der Waals surface area contributed by atoms with Gasteiger partial charge in [0.25, 0.3) is 5.91 Å². The van der Waals surface area contributed by atoms with Crippen molar-refractivity contribution in [3.05, 3.63) is 81.9 Å². The van der Waals surface area contributed by atoms with Crippen molar-refractivity contribution in [2.24, 2.45) is 0 Å². The zero-order valence-corrected chi connectivity index (χ0v) is 24.6. The maximum atomic E-state index is 16.1. The molecular weight excluding hydrogens is 571 g/mol. The molecule has 2 saturated heterocycles. The van der Waals surface area contributed by atoms with Gasteiger partial charge < -0.3 is 24.8 Å². The van der Waals surface area contributed by atoms with Crippen LogP contribution in [-0.2, 0) is 4.79 Å². The highest BCUT2D eigenvalue weighted by atomic mass is 35.5. The number of Topliss-reactive ketones (excluding diaryl/α,β-unsaturated/α-hetero) is 1. The molecule has 3 aromatic rings. The molecule has 1 amide bonds. The summed E-state index contributed by atoms with van der Waals surface area (Å²) < 4.78 is 22.5. The monoisotopic (exact) mass is 602 g/mol. The van der Waals surface area contributed by atoms with Crippen molar-refractivity contribution < 1.29 is 18.7 Å². The second kappa shape index (κ2) is 11.2. The molecule has 2 aromatic carbocycles. The maximum absolute atomic E-state index is 16.1. The van der Waals surface area contributed by atoms with Gasteiger partial charge in [-0.15, -0.1) is 0 Å². The fourth-order valence-electron chi connectivity index (χ4n) is 6.76. The van der Waals surface area contributed by atoms with E-state index in [1.54, 1.807) is 36.7 Å². The minimum Gasteiger partial charge on any atom is -0.454 e. The van der Waals surface area contributed by atoms with E-state index in [1.807, 2.05) is 11.0 Å². The number of hydrogen-bond donors (Lipinski definition) is 1. The zero-order valence-electron chi connectivity index (χ0n) is 23.9. The normalized spacial score (nSPS) is 21.2. The van der Waals surface area contributed by atoms with Gasteiger partial charge in [0.05, 0.1) is 5.57 Å². The van der Waals surface area contributed by atoms with Crippen LogP contribution in [0.15, 0.2) is 54.4 Å². The van der Waals surface area contributed by atoms with E-state index in [1.165, 1.54) is 6.07 Å². The van der Waals surface area contributed by atoms with Crippen LogP contribution < -0.4 is 19.9 Å². The number of carbonyl (C=O) groups excluding carboxylic acids is 2. The first kappa shape index (κ1) is 27.8. The van der Waals surface area contributed by atoms with Crippen molar-refractivity contribution in [2.75, 3.05) is 56.1 Å². The van der Waals surface area contributed by atoms with Crippen molar-refractivity contribution in [3.8, 4) is 11.5 Å². The summed E-state index contributed by atoms with van der Waals surface area (Å²) in [5, 5.41) is 3.42. The first-order valence-electron chi connectivity index (χ1n) is 14.7. The van der Waals surface area contributed by atoms with Crippen LogP contribution in [0.1, 0.15) is 46.7 Å². The van der Waals surface area contributed by atoms with Gasteiger partial charge in [-0.25, -0.2) is 14.4 Å². The van der Waals surface area contributed by atoms with Gasteiger partial charge in [-0.3, -0.25) is 9.59 Å². The number of halogens is 2. The number of allylic oxidation sites excluding steroid dienone is 1. The van der Waals surface area contributed by atoms with Crippen LogP contribution in [0.4, 0.5) is 16.0 Å². The molecule has 4 heterocycles. The number of aromatic nitrogens is 2. The van der Waals surface area contributed by atoms with Crippen LogP contribution in [-0.4, -0.2) is 78.9 Å². The lowest BCUT2D eigenvalue weighted by Gasteiger charge is -2.39. The third-order valence-electron chi connectivity index (χ3n) is 9.01. The van der Waals surface area contributed by atoms with Gasteiger partial charge in [0.1, 0.15) is 11.4 Å². The van der Waals surface area contributed by atoms with E-state index in [0.717, 1.165) is 31.4 Å². The van der Waals surface area contributed by atoms with Gasteiger partial charge in [-0.1, -0.05) is 23.7 Å². The first-order valence-corrected chi connectivity index (χ1v) is 15.1. The molecule has 0 radical (unpaired) electrons. The zero-order chi connectivity index (χ0) is 29.7. The molecule has 2 unspecified atom stereocenters. The lowest BCUT2D eigenvalue weighted by Crippen LogP contribution is -2.47. The summed E-state index contributed by atoms with van der Waals surface area (Å²) in [6.45, 7) is 3.70. The number of benzene rings is 2. The van der Waals surface area contributed by atoms with Crippen LogP contribution in [0.3, 0.4) is 0 Å². The van der Waals surface area contributed by atoms with E-state index in [2.05, 4.69) is 32.1 Å². The number of nitrogens with zero attached hydrogens (tertiary/aromatic N) is 5. The highest BCUT2D eigenvalue weighted by Gasteiger charge is 2.41. The number of rotatable bonds is 6.